The van der Waals surface area contributed by atoms with Crippen LogP contribution in [0.4, 0.5) is 0 Å². The molecular formula is C22H18ClN3OS2. The molecule has 7 heteroatoms. The van der Waals surface area contributed by atoms with E-state index in [0.717, 1.165) is 54.0 Å². The van der Waals surface area contributed by atoms with Gasteiger partial charge in [-0.25, -0.2) is 4.98 Å². The molecule has 0 saturated heterocycles. The summed E-state index contributed by atoms with van der Waals surface area (Å²) in [6.45, 7) is 2.00. The molecule has 4 rings (SSSR count). The first kappa shape index (κ1) is 19.9. The Hall–Kier alpha value is -2.41. The number of halogens is 1. The summed E-state index contributed by atoms with van der Waals surface area (Å²) < 4.78 is 5.32. The fraction of sp³-hybridized carbons (Fsp3) is 0.136. The summed E-state index contributed by atoms with van der Waals surface area (Å²) in [5.74, 6) is 1.57. The number of aromatic nitrogens is 3. The lowest BCUT2D eigenvalue weighted by Gasteiger charge is -2.04. The van der Waals surface area contributed by atoms with Gasteiger partial charge in [0.15, 0.2) is 0 Å². The average molecular weight is 440 g/mol. The number of hydrogen-bond acceptors (Lipinski definition) is 6. The van der Waals surface area contributed by atoms with Crippen LogP contribution >= 0.6 is 34.7 Å². The summed E-state index contributed by atoms with van der Waals surface area (Å²) in [5.41, 5.74) is 3.89. The molecule has 0 unspecified atom stereocenters. The van der Waals surface area contributed by atoms with Crippen molar-refractivity contribution in [2.75, 3.05) is 7.11 Å². The van der Waals surface area contributed by atoms with Crippen molar-refractivity contribution in [3.05, 3.63) is 76.9 Å². The molecule has 2 aromatic carbocycles. The smallest absolute Gasteiger partial charge is 0.124 e. The van der Waals surface area contributed by atoms with Gasteiger partial charge in [-0.05, 0) is 42.8 Å². The average Bonchev–Trinajstić information content (AvgIpc) is 3.15. The number of hydrogen-bond donors (Lipinski definition) is 0. The summed E-state index contributed by atoms with van der Waals surface area (Å²) in [6.07, 6.45) is 0. The van der Waals surface area contributed by atoms with Crippen LogP contribution in [0.1, 0.15) is 11.3 Å². The van der Waals surface area contributed by atoms with E-state index in [1.54, 1.807) is 30.2 Å². The van der Waals surface area contributed by atoms with E-state index in [4.69, 9.17) is 21.3 Å². The zero-order valence-electron chi connectivity index (χ0n) is 15.9. The van der Waals surface area contributed by atoms with E-state index < -0.39 is 0 Å². The summed E-state index contributed by atoms with van der Waals surface area (Å²) in [4.78, 5) is 5.74. The van der Waals surface area contributed by atoms with Crippen molar-refractivity contribution in [2.24, 2.45) is 0 Å². The van der Waals surface area contributed by atoms with Gasteiger partial charge in [0.2, 0.25) is 0 Å². The number of aryl methyl sites for hydroxylation is 1. The first-order valence-electron chi connectivity index (χ1n) is 8.96. The minimum absolute atomic E-state index is 0.757. The maximum absolute atomic E-state index is 6.22. The zero-order valence-corrected chi connectivity index (χ0v) is 18.3. The van der Waals surface area contributed by atoms with Crippen molar-refractivity contribution in [1.29, 1.82) is 0 Å². The molecule has 2 heterocycles. The van der Waals surface area contributed by atoms with Gasteiger partial charge in [0.05, 0.1) is 17.7 Å². The van der Waals surface area contributed by atoms with Gasteiger partial charge >= 0.3 is 0 Å². The number of thioether (sulfide) groups is 1. The second-order valence-corrected chi connectivity index (χ2v) is 8.70. The quantitative estimate of drug-likeness (QED) is 0.319. The van der Waals surface area contributed by atoms with Crippen LogP contribution in [0.15, 0.2) is 65.7 Å². The second-order valence-electron chi connectivity index (χ2n) is 6.30. The molecule has 0 aliphatic heterocycles. The normalized spacial score (nSPS) is 10.9. The third-order valence-corrected chi connectivity index (χ3v) is 6.89. The Kier molecular flexibility index (Phi) is 6.13. The first-order chi connectivity index (χ1) is 14.1. The van der Waals surface area contributed by atoms with Crippen molar-refractivity contribution in [3.8, 4) is 26.9 Å². The molecule has 0 spiro atoms. The number of benzene rings is 2. The standard InChI is InChI=1S/C22H18ClN3OS2/c1-14-21(29-22(24-14)15-7-5-8-17(12-15)27-2)19-10-11-20(26-25-19)28-13-16-6-3-4-9-18(16)23/h3-12H,13H2,1-2H3. The van der Waals surface area contributed by atoms with Gasteiger partial charge in [0.25, 0.3) is 0 Å². The van der Waals surface area contributed by atoms with E-state index in [1.165, 1.54) is 0 Å². The zero-order chi connectivity index (χ0) is 20.2. The Labute approximate surface area is 183 Å². The number of methoxy groups -OCH3 is 1. The summed E-state index contributed by atoms with van der Waals surface area (Å²) in [7, 11) is 1.67. The van der Waals surface area contributed by atoms with Crippen LogP contribution in [-0.2, 0) is 5.75 Å². The summed E-state index contributed by atoms with van der Waals surface area (Å²) in [6, 6.07) is 19.8. The monoisotopic (exact) mass is 439 g/mol. The van der Waals surface area contributed by atoms with Crippen LogP contribution in [-0.4, -0.2) is 22.3 Å². The molecule has 0 amide bonds. The van der Waals surface area contributed by atoms with Crippen molar-refractivity contribution < 1.29 is 4.74 Å². The lowest BCUT2D eigenvalue weighted by molar-refractivity contribution is 0.415. The van der Waals surface area contributed by atoms with Crippen LogP contribution in [0.25, 0.3) is 21.1 Å². The highest BCUT2D eigenvalue weighted by atomic mass is 35.5. The molecule has 29 heavy (non-hydrogen) atoms. The van der Waals surface area contributed by atoms with Gasteiger partial charge in [-0.1, -0.05) is 53.7 Å². The minimum Gasteiger partial charge on any atom is -0.497 e. The Bertz CT molecular complexity index is 1130. The fourth-order valence-corrected chi connectivity index (χ4v) is 4.93. The third kappa shape index (κ3) is 4.61. The van der Waals surface area contributed by atoms with Gasteiger partial charge in [0, 0.05) is 16.3 Å². The topological polar surface area (TPSA) is 47.9 Å². The molecule has 0 saturated carbocycles. The van der Waals surface area contributed by atoms with E-state index in [0.29, 0.717) is 0 Å². The predicted octanol–water partition coefficient (Wildman–Crippen LogP) is 6.53. The minimum atomic E-state index is 0.757. The molecular weight excluding hydrogens is 422 g/mol. The molecule has 0 radical (unpaired) electrons. The maximum atomic E-state index is 6.22. The molecule has 0 aliphatic rings. The summed E-state index contributed by atoms with van der Waals surface area (Å²) >= 11 is 9.45. The lowest BCUT2D eigenvalue weighted by atomic mass is 10.2. The van der Waals surface area contributed by atoms with Crippen molar-refractivity contribution in [2.45, 2.75) is 17.7 Å². The SMILES string of the molecule is COc1cccc(-c2nc(C)c(-c3ccc(SCc4ccccc4Cl)nn3)s2)c1. The maximum Gasteiger partial charge on any atom is 0.124 e. The van der Waals surface area contributed by atoms with Crippen LogP contribution in [0.2, 0.25) is 5.02 Å². The Morgan fingerprint density at radius 1 is 1.03 bits per heavy atom. The summed E-state index contributed by atoms with van der Waals surface area (Å²) in [5, 5.41) is 11.4. The van der Waals surface area contributed by atoms with Crippen LogP contribution < -0.4 is 4.74 Å². The van der Waals surface area contributed by atoms with Crippen LogP contribution in [0.5, 0.6) is 5.75 Å². The number of nitrogens with zero attached hydrogens (tertiary/aromatic N) is 3. The van der Waals surface area contributed by atoms with Gasteiger partial charge in [0.1, 0.15) is 21.5 Å². The predicted molar refractivity (Wildman–Crippen MR) is 121 cm³/mol. The molecule has 4 aromatic rings. The van der Waals surface area contributed by atoms with Gasteiger partial charge in [-0.15, -0.1) is 21.5 Å². The van der Waals surface area contributed by atoms with Gasteiger partial charge < -0.3 is 4.74 Å². The molecule has 0 fully saturated rings. The van der Waals surface area contributed by atoms with Gasteiger partial charge in [-0.2, -0.15) is 0 Å². The van der Waals surface area contributed by atoms with Crippen molar-refractivity contribution >= 4 is 34.7 Å². The second kappa shape index (κ2) is 8.95. The van der Waals surface area contributed by atoms with E-state index in [1.807, 2.05) is 67.6 Å². The first-order valence-corrected chi connectivity index (χ1v) is 11.1. The highest BCUT2D eigenvalue weighted by molar-refractivity contribution is 7.98. The van der Waals surface area contributed by atoms with E-state index in [2.05, 4.69) is 10.2 Å². The number of rotatable bonds is 6. The van der Waals surface area contributed by atoms with Crippen molar-refractivity contribution in [1.82, 2.24) is 15.2 Å². The van der Waals surface area contributed by atoms with Gasteiger partial charge in [-0.3, -0.25) is 0 Å². The highest BCUT2D eigenvalue weighted by Crippen LogP contribution is 2.35. The Balaban J connectivity index is 1.52. The van der Waals surface area contributed by atoms with Crippen LogP contribution in [0, 0.1) is 6.92 Å². The third-order valence-electron chi connectivity index (χ3n) is 4.32. The Morgan fingerprint density at radius 3 is 2.66 bits per heavy atom. The van der Waals surface area contributed by atoms with Crippen molar-refractivity contribution in [3.63, 3.8) is 0 Å². The molecule has 0 bridgehead atoms. The Morgan fingerprint density at radius 2 is 1.90 bits per heavy atom. The molecule has 146 valence electrons. The molecule has 0 N–H and O–H groups in total. The highest BCUT2D eigenvalue weighted by Gasteiger charge is 2.14. The largest absolute Gasteiger partial charge is 0.497 e. The number of ether oxygens (including phenoxy) is 1. The number of thiazole rings is 1. The molecule has 2 aromatic heterocycles. The van der Waals surface area contributed by atoms with E-state index in [9.17, 15) is 0 Å². The lowest BCUT2D eigenvalue weighted by Crippen LogP contribution is -1.90. The van der Waals surface area contributed by atoms with Crippen LogP contribution in [0.3, 0.4) is 0 Å². The fourth-order valence-electron chi connectivity index (χ4n) is 2.80. The van der Waals surface area contributed by atoms with E-state index in [-0.39, 0.29) is 0 Å². The molecule has 4 nitrogen and oxygen atoms in total. The molecule has 0 atom stereocenters. The molecule has 0 aliphatic carbocycles. The van der Waals surface area contributed by atoms with E-state index >= 15 is 0 Å².